The number of carbonyl (C=O) groups excluding carboxylic acids is 1. The van der Waals surface area contributed by atoms with Crippen LogP contribution in [0.25, 0.3) is 11.0 Å². The second-order valence-electron chi connectivity index (χ2n) is 4.53. The Morgan fingerprint density at radius 3 is 2.85 bits per heavy atom. The van der Waals surface area contributed by atoms with Crippen LogP contribution in [0.4, 0.5) is 4.79 Å². The molecule has 0 radical (unpaired) electrons. The Morgan fingerprint density at radius 2 is 2.05 bits per heavy atom. The topological polar surface area (TPSA) is 63.5 Å². The van der Waals surface area contributed by atoms with Crippen LogP contribution in [0.2, 0.25) is 0 Å². The van der Waals surface area contributed by atoms with E-state index in [4.69, 9.17) is 9.15 Å². The molecular formula is C15H20N2O3. The van der Waals surface area contributed by atoms with E-state index < -0.39 is 0 Å². The number of hydrogen-bond acceptors (Lipinski definition) is 3. The van der Waals surface area contributed by atoms with Gasteiger partial charge in [-0.25, -0.2) is 4.79 Å². The van der Waals surface area contributed by atoms with E-state index in [-0.39, 0.29) is 6.03 Å². The number of hydrogen-bond donors (Lipinski definition) is 2. The van der Waals surface area contributed by atoms with E-state index in [1.165, 1.54) is 0 Å². The van der Waals surface area contributed by atoms with Crippen molar-refractivity contribution in [2.75, 3.05) is 26.8 Å². The van der Waals surface area contributed by atoms with E-state index in [0.29, 0.717) is 19.7 Å². The summed E-state index contributed by atoms with van der Waals surface area (Å²) in [6.07, 6.45) is 1.66. The number of furan rings is 1. The van der Waals surface area contributed by atoms with Gasteiger partial charge in [0.15, 0.2) is 0 Å². The fourth-order valence-corrected chi connectivity index (χ4v) is 1.95. The van der Waals surface area contributed by atoms with Crippen molar-refractivity contribution in [2.24, 2.45) is 0 Å². The predicted octanol–water partition coefficient (Wildman–Crippen LogP) is 2.31. The number of benzene rings is 1. The molecule has 0 fully saturated rings. The van der Waals surface area contributed by atoms with E-state index in [0.717, 1.165) is 29.6 Å². The van der Waals surface area contributed by atoms with E-state index in [9.17, 15) is 4.79 Å². The first kappa shape index (κ1) is 14.4. The Bertz CT molecular complexity index is 518. The third kappa shape index (κ3) is 4.28. The molecule has 0 unspecified atom stereocenters. The number of methoxy groups -OCH3 is 1. The molecule has 5 heteroatoms. The standard InChI is InChI=1S/C15H20N2O3/c1-19-10-9-17-15(18)16-8-4-6-13-11-12-5-2-3-7-14(12)20-13/h2-3,5,7,11H,4,6,8-10H2,1H3,(H2,16,17,18). The summed E-state index contributed by atoms with van der Waals surface area (Å²) in [5.74, 6) is 0.952. The monoisotopic (exact) mass is 276 g/mol. The van der Waals surface area contributed by atoms with Gasteiger partial charge < -0.3 is 19.8 Å². The number of para-hydroxylation sites is 1. The Labute approximate surface area is 118 Å². The molecule has 0 spiro atoms. The molecule has 1 aromatic carbocycles. The molecule has 1 aromatic heterocycles. The van der Waals surface area contributed by atoms with Crippen LogP contribution < -0.4 is 10.6 Å². The summed E-state index contributed by atoms with van der Waals surface area (Å²) in [7, 11) is 1.60. The fraction of sp³-hybridized carbons (Fsp3) is 0.400. The number of rotatable bonds is 7. The van der Waals surface area contributed by atoms with Crippen molar-refractivity contribution in [2.45, 2.75) is 12.8 Å². The highest BCUT2D eigenvalue weighted by molar-refractivity contribution is 5.77. The number of urea groups is 1. The van der Waals surface area contributed by atoms with E-state index in [1.54, 1.807) is 7.11 Å². The third-order valence-corrected chi connectivity index (χ3v) is 2.95. The van der Waals surface area contributed by atoms with Crippen LogP contribution in [0.1, 0.15) is 12.2 Å². The van der Waals surface area contributed by atoms with Crippen molar-refractivity contribution in [1.82, 2.24) is 10.6 Å². The van der Waals surface area contributed by atoms with Crippen molar-refractivity contribution < 1.29 is 13.9 Å². The van der Waals surface area contributed by atoms with Crippen LogP contribution in [0.15, 0.2) is 34.7 Å². The van der Waals surface area contributed by atoms with Gasteiger partial charge >= 0.3 is 6.03 Å². The van der Waals surface area contributed by atoms with Crippen molar-refractivity contribution in [1.29, 1.82) is 0 Å². The molecule has 2 amide bonds. The van der Waals surface area contributed by atoms with Crippen molar-refractivity contribution in [3.8, 4) is 0 Å². The van der Waals surface area contributed by atoms with Crippen LogP contribution in [0.3, 0.4) is 0 Å². The lowest BCUT2D eigenvalue weighted by Crippen LogP contribution is -2.37. The molecule has 0 bridgehead atoms. The summed E-state index contributed by atoms with van der Waals surface area (Å²) in [6, 6.07) is 9.83. The molecule has 2 N–H and O–H groups in total. The first-order chi connectivity index (χ1) is 9.79. The number of aryl methyl sites for hydroxylation is 1. The highest BCUT2D eigenvalue weighted by atomic mass is 16.5. The molecule has 5 nitrogen and oxygen atoms in total. The number of ether oxygens (including phenoxy) is 1. The molecular weight excluding hydrogens is 256 g/mol. The van der Waals surface area contributed by atoms with Gasteiger partial charge in [0.05, 0.1) is 6.61 Å². The Balaban J connectivity index is 1.67. The maximum absolute atomic E-state index is 11.4. The zero-order valence-corrected chi connectivity index (χ0v) is 11.6. The number of fused-ring (bicyclic) bond motifs is 1. The SMILES string of the molecule is COCCNC(=O)NCCCc1cc2ccccc2o1. The minimum Gasteiger partial charge on any atom is -0.461 e. The molecule has 2 aromatic rings. The maximum Gasteiger partial charge on any atom is 0.314 e. The van der Waals surface area contributed by atoms with Crippen LogP contribution in [-0.2, 0) is 11.2 Å². The van der Waals surface area contributed by atoms with Crippen LogP contribution >= 0.6 is 0 Å². The molecule has 0 aliphatic heterocycles. The van der Waals surface area contributed by atoms with Crippen LogP contribution in [0.5, 0.6) is 0 Å². The van der Waals surface area contributed by atoms with Gasteiger partial charge in [0.25, 0.3) is 0 Å². The maximum atomic E-state index is 11.4. The smallest absolute Gasteiger partial charge is 0.314 e. The summed E-state index contributed by atoms with van der Waals surface area (Å²) in [4.78, 5) is 11.4. The van der Waals surface area contributed by atoms with E-state index in [1.807, 2.05) is 30.3 Å². The molecule has 20 heavy (non-hydrogen) atoms. The van der Waals surface area contributed by atoms with Gasteiger partial charge in [0.1, 0.15) is 11.3 Å². The lowest BCUT2D eigenvalue weighted by molar-refractivity contribution is 0.196. The number of nitrogens with one attached hydrogen (secondary N) is 2. The zero-order chi connectivity index (χ0) is 14.2. The minimum absolute atomic E-state index is 0.161. The van der Waals surface area contributed by atoms with Crippen LogP contribution in [0, 0.1) is 0 Å². The highest BCUT2D eigenvalue weighted by Crippen LogP contribution is 2.19. The quantitative estimate of drug-likeness (QED) is 0.763. The van der Waals surface area contributed by atoms with Gasteiger partial charge in [0, 0.05) is 32.0 Å². The molecule has 0 aliphatic rings. The highest BCUT2D eigenvalue weighted by Gasteiger charge is 2.03. The van der Waals surface area contributed by atoms with Crippen molar-refractivity contribution in [3.05, 3.63) is 36.1 Å². The first-order valence-corrected chi connectivity index (χ1v) is 6.77. The fourth-order valence-electron chi connectivity index (χ4n) is 1.95. The summed E-state index contributed by atoms with van der Waals surface area (Å²) >= 11 is 0. The normalized spacial score (nSPS) is 10.7. The summed E-state index contributed by atoms with van der Waals surface area (Å²) in [5.41, 5.74) is 0.910. The van der Waals surface area contributed by atoms with Gasteiger partial charge in [0.2, 0.25) is 0 Å². The summed E-state index contributed by atoms with van der Waals surface area (Å²) in [6.45, 7) is 1.66. The Kier molecular flexibility index (Phi) is 5.43. The second kappa shape index (κ2) is 7.55. The molecule has 0 saturated carbocycles. The predicted molar refractivity (Wildman–Crippen MR) is 77.8 cm³/mol. The minimum atomic E-state index is -0.161. The van der Waals surface area contributed by atoms with Crippen molar-refractivity contribution >= 4 is 17.0 Å². The van der Waals surface area contributed by atoms with Gasteiger partial charge in [-0.2, -0.15) is 0 Å². The molecule has 0 saturated heterocycles. The molecule has 1 heterocycles. The first-order valence-electron chi connectivity index (χ1n) is 6.77. The molecule has 0 aliphatic carbocycles. The summed E-state index contributed by atoms with van der Waals surface area (Å²) in [5, 5.41) is 6.62. The zero-order valence-electron chi connectivity index (χ0n) is 11.6. The lowest BCUT2D eigenvalue weighted by Gasteiger charge is -2.06. The summed E-state index contributed by atoms with van der Waals surface area (Å²) < 4.78 is 10.6. The van der Waals surface area contributed by atoms with E-state index >= 15 is 0 Å². The largest absolute Gasteiger partial charge is 0.461 e. The molecule has 0 atom stereocenters. The second-order valence-corrected chi connectivity index (χ2v) is 4.53. The van der Waals surface area contributed by atoms with Gasteiger partial charge in [-0.3, -0.25) is 0 Å². The third-order valence-electron chi connectivity index (χ3n) is 2.95. The van der Waals surface area contributed by atoms with Gasteiger partial charge in [-0.15, -0.1) is 0 Å². The average Bonchev–Trinajstić information content (AvgIpc) is 2.86. The molecule has 108 valence electrons. The van der Waals surface area contributed by atoms with Crippen molar-refractivity contribution in [3.63, 3.8) is 0 Å². The number of amides is 2. The molecule has 2 rings (SSSR count). The van der Waals surface area contributed by atoms with Gasteiger partial charge in [-0.05, 0) is 18.6 Å². The van der Waals surface area contributed by atoms with Gasteiger partial charge in [-0.1, -0.05) is 18.2 Å². The average molecular weight is 276 g/mol. The van der Waals surface area contributed by atoms with E-state index in [2.05, 4.69) is 10.6 Å². The van der Waals surface area contributed by atoms with Crippen LogP contribution in [-0.4, -0.2) is 32.8 Å². The number of carbonyl (C=O) groups is 1. The Hall–Kier alpha value is -2.01. The Morgan fingerprint density at radius 1 is 1.25 bits per heavy atom. The lowest BCUT2D eigenvalue weighted by atomic mass is 10.2.